The first-order valence-corrected chi connectivity index (χ1v) is 15.9. The quantitative estimate of drug-likeness (QED) is 0.102. The predicted molar refractivity (Wildman–Crippen MR) is 189 cm³/mol. The van der Waals surface area contributed by atoms with E-state index in [1.165, 1.54) is 0 Å². The van der Waals surface area contributed by atoms with E-state index in [-0.39, 0.29) is 19.7 Å². The molecule has 1 aliphatic rings. The van der Waals surface area contributed by atoms with E-state index in [1.807, 2.05) is 38.1 Å². The van der Waals surface area contributed by atoms with Crippen LogP contribution < -0.4 is 19.7 Å². The highest BCUT2D eigenvalue weighted by Gasteiger charge is 2.34. The van der Waals surface area contributed by atoms with Gasteiger partial charge in [0.15, 0.2) is 0 Å². The van der Waals surface area contributed by atoms with Crippen LogP contribution in [0.1, 0.15) is 46.1 Å². The molecule has 1 aromatic heterocycles. The number of rotatable bonds is 12. The standard InChI is InChI=1S/C35H42ClN5O3.CH2O2/c1-7-22(4)32(38-9-3)21-44-26-10-11-30(29(36)14-26)40-35-25(17-37)18-39-31-16-33(34(43-6)15-28(31)35)41-19-23(5)27(12-13-42)24(8-2)20-41;2-1-3/h7,9-11,14-16,18,23-24,27,42H,1,8,12-13,19-21H2,2-6H3,(H,39,40);1H,(H,2,3)/b32-22-,38-9?;. The van der Waals surface area contributed by atoms with Gasteiger partial charge >= 0.3 is 0 Å². The number of pyridine rings is 1. The van der Waals surface area contributed by atoms with E-state index < -0.39 is 0 Å². The van der Waals surface area contributed by atoms with Crippen molar-refractivity contribution in [2.24, 2.45) is 22.7 Å². The SMILES string of the molecule is C=C/C(C)=C(/COc1ccc(Nc2c(C#N)cnc3cc(N4CC(C)C(CCO)C(CC)C4)c(OC)cc23)c(Cl)c1)N=CC.O=CO. The van der Waals surface area contributed by atoms with E-state index in [2.05, 4.69) is 46.7 Å². The Bertz CT molecular complexity index is 1650. The van der Waals surface area contributed by atoms with Crippen LogP contribution in [0.5, 0.6) is 11.5 Å². The van der Waals surface area contributed by atoms with Gasteiger partial charge in [-0.15, -0.1) is 0 Å². The summed E-state index contributed by atoms with van der Waals surface area (Å²) in [5, 5.41) is 31.1. The van der Waals surface area contributed by atoms with Gasteiger partial charge in [0.1, 0.15) is 24.2 Å². The number of ether oxygens (including phenoxy) is 2. The Kier molecular flexibility index (Phi) is 14.1. The van der Waals surface area contributed by atoms with E-state index in [0.29, 0.717) is 51.2 Å². The summed E-state index contributed by atoms with van der Waals surface area (Å²) < 4.78 is 11.9. The van der Waals surface area contributed by atoms with Crippen LogP contribution in [-0.2, 0) is 4.79 Å². The number of nitrogens with zero attached hydrogens (tertiary/aromatic N) is 4. The summed E-state index contributed by atoms with van der Waals surface area (Å²) in [4.78, 5) is 19.8. The maximum Gasteiger partial charge on any atom is 0.290 e. The first-order chi connectivity index (χ1) is 22.7. The smallest absolute Gasteiger partial charge is 0.290 e. The number of allylic oxidation sites excluding steroid dienone is 2. The Hall–Kier alpha value is -4.59. The minimum Gasteiger partial charge on any atom is -0.495 e. The number of carbonyl (C=O) groups is 1. The average Bonchev–Trinajstić information content (AvgIpc) is 3.07. The Morgan fingerprint density at radius 1 is 1.32 bits per heavy atom. The zero-order valence-corrected chi connectivity index (χ0v) is 28.4. The Balaban J connectivity index is 0.00000192. The first-order valence-electron chi connectivity index (χ1n) is 15.5. The molecule has 0 bridgehead atoms. The summed E-state index contributed by atoms with van der Waals surface area (Å²) >= 11 is 6.71. The molecule has 4 rings (SSSR count). The van der Waals surface area contributed by atoms with E-state index in [4.69, 9.17) is 31.0 Å². The van der Waals surface area contributed by atoms with Crippen molar-refractivity contribution in [1.82, 2.24) is 4.98 Å². The van der Waals surface area contributed by atoms with Gasteiger partial charge in [-0.25, -0.2) is 0 Å². The lowest BCUT2D eigenvalue weighted by molar-refractivity contribution is -0.122. The third-order valence-electron chi connectivity index (χ3n) is 8.54. The van der Waals surface area contributed by atoms with E-state index in [1.54, 1.807) is 31.7 Å². The number of aliphatic imine (C=N–C) groups is 1. The maximum absolute atomic E-state index is 9.98. The van der Waals surface area contributed by atoms with Gasteiger partial charge in [0.25, 0.3) is 6.47 Å². The molecule has 250 valence electrons. The number of halogens is 1. The molecule has 3 atom stereocenters. The third-order valence-corrected chi connectivity index (χ3v) is 8.85. The van der Waals surface area contributed by atoms with Crippen LogP contribution in [0.3, 0.4) is 0 Å². The molecule has 3 unspecified atom stereocenters. The van der Waals surface area contributed by atoms with Crippen LogP contribution in [-0.4, -0.2) is 61.3 Å². The molecule has 3 N–H and O–H groups in total. The summed E-state index contributed by atoms with van der Waals surface area (Å²) in [7, 11) is 1.66. The highest BCUT2D eigenvalue weighted by Crippen LogP contribution is 2.42. The number of benzene rings is 2. The van der Waals surface area contributed by atoms with E-state index in [9.17, 15) is 10.4 Å². The number of piperidine rings is 1. The largest absolute Gasteiger partial charge is 0.495 e. The Morgan fingerprint density at radius 3 is 2.66 bits per heavy atom. The highest BCUT2D eigenvalue weighted by atomic mass is 35.5. The topological polar surface area (TPSA) is 140 Å². The van der Waals surface area contributed by atoms with Crippen molar-refractivity contribution < 1.29 is 24.5 Å². The number of anilines is 3. The van der Waals surface area contributed by atoms with Gasteiger partial charge in [-0.05, 0) is 67.9 Å². The fraction of sp³-hybridized carbons (Fsp3) is 0.389. The molecule has 47 heavy (non-hydrogen) atoms. The van der Waals surface area contributed by atoms with Gasteiger partial charge in [0.2, 0.25) is 0 Å². The number of nitrogens with one attached hydrogen (secondary N) is 1. The zero-order valence-electron chi connectivity index (χ0n) is 27.7. The average molecular weight is 662 g/mol. The second-order valence-corrected chi connectivity index (χ2v) is 11.7. The van der Waals surface area contributed by atoms with E-state index in [0.717, 1.165) is 53.8 Å². The van der Waals surface area contributed by atoms with Gasteiger partial charge in [-0.3, -0.25) is 14.8 Å². The monoisotopic (exact) mass is 661 g/mol. The van der Waals surface area contributed by atoms with Crippen LogP contribution >= 0.6 is 11.6 Å². The lowest BCUT2D eigenvalue weighted by atomic mass is 9.75. The maximum atomic E-state index is 9.98. The Labute approximate surface area is 282 Å². The number of aliphatic hydroxyl groups excluding tert-OH is 1. The number of hydrogen-bond acceptors (Lipinski definition) is 9. The molecule has 2 heterocycles. The molecule has 2 aromatic carbocycles. The molecule has 0 aliphatic carbocycles. The minimum atomic E-state index is -0.250. The van der Waals surface area contributed by atoms with Crippen LogP contribution in [0.15, 0.2) is 65.4 Å². The normalized spacial score (nSPS) is 18.1. The number of nitriles is 1. The molecule has 1 saturated heterocycles. The molecule has 11 heteroatoms. The van der Waals surface area contributed by atoms with Crippen molar-refractivity contribution in [3.8, 4) is 17.6 Å². The van der Waals surface area contributed by atoms with Gasteiger partial charge < -0.3 is 29.9 Å². The van der Waals surface area contributed by atoms with Crippen molar-refractivity contribution in [2.45, 2.75) is 40.5 Å². The number of fused-ring (bicyclic) bond motifs is 1. The van der Waals surface area contributed by atoms with Gasteiger partial charge in [0, 0.05) is 43.6 Å². The van der Waals surface area contributed by atoms with Gasteiger partial charge in [-0.1, -0.05) is 44.5 Å². The number of aromatic nitrogens is 1. The summed E-state index contributed by atoms with van der Waals surface area (Å²) in [6.45, 7) is 14.1. The molecule has 0 radical (unpaired) electrons. The predicted octanol–water partition coefficient (Wildman–Crippen LogP) is 7.62. The highest BCUT2D eigenvalue weighted by molar-refractivity contribution is 6.33. The number of methoxy groups -OCH3 is 1. The van der Waals surface area contributed by atoms with Crippen molar-refractivity contribution in [2.75, 3.05) is 43.6 Å². The van der Waals surface area contributed by atoms with Crippen LogP contribution in [0.25, 0.3) is 10.9 Å². The summed E-state index contributed by atoms with van der Waals surface area (Å²) in [6.07, 6.45) is 6.92. The number of aliphatic hydroxyl groups is 1. The molecule has 1 fully saturated rings. The van der Waals surface area contributed by atoms with Gasteiger partial charge in [-0.2, -0.15) is 5.26 Å². The first kappa shape index (κ1) is 36.9. The minimum absolute atomic E-state index is 0.216. The van der Waals surface area contributed by atoms with Gasteiger partial charge in [0.05, 0.1) is 46.0 Å². The lowest BCUT2D eigenvalue weighted by Gasteiger charge is -2.44. The molecule has 0 saturated carbocycles. The number of carboxylic acid groups (broad SMARTS) is 1. The second-order valence-electron chi connectivity index (χ2n) is 11.3. The van der Waals surface area contributed by atoms with Crippen molar-refractivity contribution in [3.63, 3.8) is 0 Å². The molecule has 1 aliphatic heterocycles. The second kappa shape index (κ2) is 17.9. The molecule has 3 aromatic rings. The molecular weight excluding hydrogens is 618 g/mol. The van der Waals surface area contributed by atoms with Crippen molar-refractivity contribution >= 4 is 52.3 Å². The van der Waals surface area contributed by atoms with Crippen LogP contribution in [0.2, 0.25) is 5.02 Å². The lowest BCUT2D eigenvalue weighted by Crippen LogP contribution is -2.45. The molecule has 0 amide bonds. The zero-order chi connectivity index (χ0) is 34.5. The summed E-state index contributed by atoms with van der Waals surface area (Å²) in [6, 6.07) is 11.6. The fourth-order valence-electron chi connectivity index (χ4n) is 6.08. The van der Waals surface area contributed by atoms with Crippen LogP contribution in [0.4, 0.5) is 17.1 Å². The number of hydrogen-bond donors (Lipinski definition) is 3. The van der Waals surface area contributed by atoms with Crippen molar-refractivity contribution in [1.29, 1.82) is 5.26 Å². The molecular formula is C36H44ClN5O5. The molecule has 0 spiro atoms. The van der Waals surface area contributed by atoms with Crippen molar-refractivity contribution in [3.05, 3.63) is 71.0 Å². The Morgan fingerprint density at radius 2 is 2.06 bits per heavy atom. The molecule has 10 nitrogen and oxygen atoms in total. The summed E-state index contributed by atoms with van der Waals surface area (Å²) in [5.74, 6) is 2.69. The van der Waals surface area contributed by atoms with Crippen LogP contribution in [0, 0.1) is 29.1 Å². The van der Waals surface area contributed by atoms with E-state index >= 15 is 0 Å². The fourth-order valence-corrected chi connectivity index (χ4v) is 6.29. The third kappa shape index (κ3) is 9.03. The summed E-state index contributed by atoms with van der Waals surface area (Å²) in [5.41, 5.74) is 5.05.